The zero-order valence-electron chi connectivity index (χ0n) is 10.2. The van der Waals surface area contributed by atoms with Crippen molar-refractivity contribution in [2.24, 2.45) is 0 Å². The number of hydrogen-bond acceptors (Lipinski definition) is 2. The molecular formula is C13H16N2O2. The van der Waals surface area contributed by atoms with Crippen molar-refractivity contribution in [3.05, 3.63) is 30.1 Å². The molecule has 0 aliphatic heterocycles. The first-order chi connectivity index (χ1) is 8.00. The number of aromatic nitrogens is 2. The molecule has 4 heteroatoms. The molecule has 0 amide bonds. The van der Waals surface area contributed by atoms with Crippen molar-refractivity contribution in [1.82, 2.24) is 9.55 Å². The summed E-state index contributed by atoms with van der Waals surface area (Å²) in [5.41, 5.74) is 2.71. The van der Waals surface area contributed by atoms with E-state index < -0.39 is 11.9 Å². The third-order valence-corrected chi connectivity index (χ3v) is 3.03. The highest BCUT2D eigenvalue weighted by molar-refractivity contribution is 5.81. The molecule has 1 N–H and O–H groups in total. The number of imidazole rings is 1. The molecule has 0 saturated carbocycles. The summed E-state index contributed by atoms with van der Waals surface area (Å²) in [4.78, 5) is 15.3. The average molecular weight is 232 g/mol. The lowest BCUT2D eigenvalue weighted by molar-refractivity contribution is -0.138. The Morgan fingerprint density at radius 3 is 2.65 bits per heavy atom. The number of carbonyl (C=O) groups is 1. The molecule has 0 aliphatic rings. The van der Waals surface area contributed by atoms with Crippen LogP contribution in [0.2, 0.25) is 0 Å². The number of rotatable bonds is 3. The second-order valence-electron chi connectivity index (χ2n) is 4.55. The van der Waals surface area contributed by atoms with E-state index in [-0.39, 0.29) is 0 Å². The molecule has 2 rings (SSSR count). The van der Waals surface area contributed by atoms with Gasteiger partial charge in [0.1, 0.15) is 0 Å². The molecule has 1 unspecified atom stereocenters. The Labute approximate surface area is 99.9 Å². The van der Waals surface area contributed by atoms with Crippen molar-refractivity contribution in [2.45, 2.75) is 32.7 Å². The first-order valence-electron chi connectivity index (χ1n) is 5.70. The summed E-state index contributed by atoms with van der Waals surface area (Å²) in [6.07, 6.45) is 1.80. The number of carboxylic acids is 1. The first kappa shape index (κ1) is 11.6. The van der Waals surface area contributed by atoms with Gasteiger partial charge in [-0.1, -0.05) is 6.07 Å². The zero-order valence-corrected chi connectivity index (χ0v) is 10.2. The van der Waals surface area contributed by atoms with Gasteiger partial charge >= 0.3 is 5.97 Å². The van der Waals surface area contributed by atoms with Crippen molar-refractivity contribution in [2.75, 3.05) is 0 Å². The largest absolute Gasteiger partial charge is 0.481 e. The molecule has 0 bridgehead atoms. The Hall–Kier alpha value is -1.84. The maximum atomic E-state index is 11.0. The second-order valence-corrected chi connectivity index (χ2v) is 4.55. The fourth-order valence-electron chi connectivity index (χ4n) is 1.87. The molecule has 1 heterocycles. The van der Waals surface area contributed by atoms with Gasteiger partial charge in [-0.15, -0.1) is 0 Å². The molecule has 0 spiro atoms. The third-order valence-electron chi connectivity index (χ3n) is 3.03. The number of fused-ring (bicyclic) bond motifs is 1. The van der Waals surface area contributed by atoms with Crippen LogP contribution in [0.1, 0.15) is 38.3 Å². The molecule has 0 saturated heterocycles. The predicted octanol–water partition coefficient (Wildman–Crippen LogP) is 2.81. The van der Waals surface area contributed by atoms with E-state index in [4.69, 9.17) is 5.11 Å². The number of hydrogen-bond donors (Lipinski definition) is 1. The van der Waals surface area contributed by atoms with Crippen molar-refractivity contribution in [3.8, 4) is 0 Å². The second kappa shape index (κ2) is 4.20. The Bertz CT molecular complexity index is 558. The summed E-state index contributed by atoms with van der Waals surface area (Å²) < 4.78 is 2.05. The van der Waals surface area contributed by atoms with Gasteiger partial charge in [0.15, 0.2) is 0 Å². The minimum Gasteiger partial charge on any atom is -0.481 e. The number of aliphatic carboxylic acids is 1. The molecule has 0 aliphatic carbocycles. The van der Waals surface area contributed by atoms with E-state index in [9.17, 15) is 4.79 Å². The fourth-order valence-corrected chi connectivity index (χ4v) is 1.87. The van der Waals surface area contributed by atoms with Crippen molar-refractivity contribution < 1.29 is 9.90 Å². The van der Waals surface area contributed by atoms with E-state index in [1.54, 1.807) is 13.3 Å². The van der Waals surface area contributed by atoms with Crippen LogP contribution in [0.25, 0.3) is 11.0 Å². The Morgan fingerprint density at radius 2 is 2.06 bits per heavy atom. The van der Waals surface area contributed by atoms with Crippen LogP contribution in [0.4, 0.5) is 0 Å². The van der Waals surface area contributed by atoms with Crippen molar-refractivity contribution in [1.29, 1.82) is 0 Å². The number of nitrogens with zero attached hydrogens (tertiary/aromatic N) is 2. The van der Waals surface area contributed by atoms with E-state index in [1.807, 2.05) is 22.8 Å². The van der Waals surface area contributed by atoms with E-state index in [1.165, 1.54) is 0 Å². The summed E-state index contributed by atoms with van der Waals surface area (Å²) in [7, 11) is 0. The van der Waals surface area contributed by atoms with Crippen molar-refractivity contribution in [3.63, 3.8) is 0 Å². The highest BCUT2D eigenvalue weighted by Crippen LogP contribution is 2.23. The van der Waals surface area contributed by atoms with Gasteiger partial charge in [0.05, 0.1) is 23.3 Å². The monoisotopic (exact) mass is 232 g/mol. The lowest BCUT2D eigenvalue weighted by Crippen LogP contribution is -2.07. The van der Waals surface area contributed by atoms with E-state index in [0.29, 0.717) is 6.04 Å². The summed E-state index contributed by atoms with van der Waals surface area (Å²) in [5, 5.41) is 9.01. The van der Waals surface area contributed by atoms with Crippen molar-refractivity contribution >= 4 is 17.0 Å². The van der Waals surface area contributed by atoms with E-state index >= 15 is 0 Å². The summed E-state index contributed by atoms with van der Waals surface area (Å²) in [5.74, 6) is -1.30. The smallest absolute Gasteiger partial charge is 0.310 e. The van der Waals surface area contributed by atoms with E-state index in [0.717, 1.165) is 16.6 Å². The Morgan fingerprint density at radius 1 is 1.35 bits per heavy atom. The molecule has 17 heavy (non-hydrogen) atoms. The van der Waals surface area contributed by atoms with Crippen LogP contribution < -0.4 is 0 Å². The van der Waals surface area contributed by atoms with Crippen LogP contribution in [-0.2, 0) is 4.79 Å². The molecule has 90 valence electrons. The number of benzene rings is 1. The van der Waals surface area contributed by atoms with Gasteiger partial charge in [0, 0.05) is 6.04 Å². The summed E-state index contributed by atoms with van der Waals surface area (Å²) in [6.45, 7) is 5.85. The van der Waals surface area contributed by atoms with Gasteiger partial charge in [0.25, 0.3) is 0 Å². The number of carboxylic acid groups (broad SMARTS) is 1. The Kier molecular flexibility index (Phi) is 2.88. The highest BCUT2D eigenvalue weighted by Gasteiger charge is 2.15. The van der Waals surface area contributed by atoms with Gasteiger partial charge < -0.3 is 9.67 Å². The predicted molar refractivity (Wildman–Crippen MR) is 66.2 cm³/mol. The normalized spacial score (nSPS) is 13.2. The average Bonchev–Trinajstić information content (AvgIpc) is 2.70. The van der Waals surface area contributed by atoms with Gasteiger partial charge in [-0.3, -0.25) is 4.79 Å². The van der Waals surface area contributed by atoms with E-state index in [2.05, 4.69) is 18.8 Å². The van der Waals surface area contributed by atoms with Crippen LogP contribution in [0.3, 0.4) is 0 Å². The van der Waals surface area contributed by atoms with Crippen LogP contribution in [-0.4, -0.2) is 20.6 Å². The van der Waals surface area contributed by atoms with Crippen LogP contribution in [0.5, 0.6) is 0 Å². The highest BCUT2D eigenvalue weighted by atomic mass is 16.4. The molecule has 0 radical (unpaired) electrons. The maximum Gasteiger partial charge on any atom is 0.310 e. The molecule has 1 atom stereocenters. The van der Waals surface area contributed by atoms with Gasteiger partial charge in [-0.2, -0.15) is 0 Å². The molecule has 1 aromatic carbocycles. The molecule has 2 aromatic rings. The quantitative estimate of drug-likeness (QED) is 0.885. The fraction of sp³-hybridized carbons (Fsp3) is 0.385. The van der Waals surface area contributed by atoms with Crippen LogP contribution in [0, 0.1) is 0 Å². The lowest BCUT2D eigenvalue weighted by atomic mass is 10.0. The van der Waals surface area contributed by atoms with Gasteiger partial charge in [-0.25, -0.2) is 4.98 Å². The molecule has 4 nitrogen and oxygen atoms in total. The topological polar surface area (TPSA) is 55.1 Å². The summed E-state index contributed by atoms with van der Waals surface area (Å²) in [6, 6.07) is 5.94. The SMILES string of the molecule is CC(C(=O)O)c1ccc2ncn(C(C)C)c2c1. The molecule has 1 aromatic heterocycles. The first-order valence-corrected chi connectivity index (χ1v) is 5.70. The van der Waals surface area contributed by atoms with Crippen LogP contribution in [0.15, 0.2) is 24.5 Å². The maximum absolute atomic E-state index is 11.0. The van der Waals surface area contributed by atoms with Gasteiger partial charge in [0.2, 0.25) is 0 Å². The minimum absolute atomic E-state index is 0.315. The summed E-state index contributed by atoms with van der Waals surface area (Å²) >= 11 is 0. The zero-order chi connectivity index (χ0) is 12.6. The van der Waals surface area contributed by atoms with Gasteiger partial charge in [-0.05, 0) is 38.5 Å². The molecule has 0 fully saturated rings. The molecular weight excluding hydrogens is 216 g/mol. The third kappa shape index (κ3) is 2.02. The van der Waals surface area contributed by atoms with Crippen LogP contribution >= 0.6 is 0 Å². The standard InChI is InChI=1S/C13H16N2O2/c1-8(2)15-7-14-11-5-4-10(6-12(11)15)9(3)13(16)17/h4-9H,1-3H3,(H,16,17). The lowest BCUT2D eigenvalue weighted by Gasteiger charge is -2.10. The Balaban J connectivity index is 2.55. The minimum atomic E-state index is -0.806.